The maximum absolute atomic E-state index is 12.8. The van der Waals surface area contributed by atoms with Crippen LogP contribution in [0.2, 0.25) is 0 Å². The second kappa shape index (κ2) is 5.96. The summed E-state index contributed by atoms with van der Waals surface area (Å²) in [6.07, 6.45) is 4.14. The second-order valence-corrected chi connectivity index (χ2v) is 9.39. The van der Waals surface area contributed by atoms with Crippen LogP contribution in [0.1, 0.15) is 34.1 Å². The molecular formula is C16H28N2O3S. The predicted molar refractivity (Wildman–Crippen MR) is 87.8 cm³/mol. The van der Waals surface area contributed by atoms with Gasteiger partial charge < -0.3 is 4.90 Å². The Hall–Kier alpha value is -0.880. The summed E-state index contributed by atoms with van der Waals surface area (Å²) in [6, 6.07) is 0. The Balaban J connectivity index is 2.04. The summed E-state index contributed by atoms with van der Waals surface area (Å²) in [6.45, 7) is 10.5. The number of nitrogens with zero attached hydrogens (tertiary/aromatic N) is 2. The first kappa shape index (κ1) is 17.5. The van der Waals surface area contributed by atoms with Gasteiger partial charge in [0.05, 0.1) is 12.2 Å². The first-order chi connectivity index (χ1) is 10.0. The van der Waals surface area contributed by atoms with Gasteiger partial charge in [-0.3, -0.25) is 4.79 Å². The summed E-state index contributed by atoms with van der Waals surface area (Å²) in [5.41, 5.74) is 1.25. The van der Waals surface area contributed by atoms with Crippen LogP contribution < -0.4 is 0 Å². The number of carbonyl (C=O) groups excluding carboxylic acids is 1. The normalized spacial score (nSPS) is 28.9. The lowest BCUT2D eigenvalue weighted by molar-refractivity contribution is -0.133. The van der Waals surface area contributed by atoms with Gasteiger partial charge in [0.1, 0.15) is 0 Å². The molecule has 1 saturated carbocycles. The number of hydrogen-bond donors (Lipinski definition) is 0. The molecule has 0 aromatic rings. The van der Waals surface area contributed by atoms with Gasteiger partial charge in [0.15, 0.2) is 0 Å². The zero-order chi connectivity index (χ0) is 16.7. The summed E-state index contributed by atoms with van der Waals surface area (Å²) in [7, 11) is -3.17. The highest BCUT2D eigenvalue weighted by molar-refractivity contribution is 7.88. The fourth-order valence-corrected chi connectivity index (χ4v) is 4.34. The number of amides is 1. The molecule has 1 aliphatic heterocycles. The average Bonchev–Trinajstić information content (AvgIpc) is 2.98. The first-order valence-corrected chi connectivity index (χ1v) is 9.79. The summed E-state index contributed by atoms with van der Waals surface area (Å²) in [5.74, 6) is 0.522. The Morgan fingerprint density at radius 1 is 1.14 bits per heavy atom. The van der Waals surface area contributed by atoms with Gasteiger partial charge in [0.2, 0.25) is 15.9 Å². The van der Waals surface area contributed by atoms with Crippen LogP contribution >= 0.6 is 0 Å². The van der Waals surface area contributed by atoms with E-state index in [-0.39, 0.29) is 17.2 Å². The summed E-state index contributed by atoms with van der Waals surface area (Å²) < 4.78 is 24.8. The Morgan fingerprint density at radius 3 is 2.32 bits per heavy atom. The highest BCUT2D eigenvalue weighted by Crippen LogP contribution is 2.60. The van der Waals surface area contributed by atoms with Crippen LogP contribution in [0, 0.1) is 17.3 Å². The SMILES string of the molecule is CC(C)=C[C@H]1[C@@H](C(=O)N2CCCN(S(C)(=O)=O)CC2)C1(C)C. The smallest absolute Gasteiger partial charge is 0.226 e. The number of allylic oxidation sites excluding steroid dienone is 2. The largest absolute Gasteiger partial charge is 0.341 e. The molecule has 1 heterocycles. The van der Waals surface area contributed by atoms with Crippen LogP contribution in [0.4, 0.5) is 0 Å². The molecule has 0 unspecified atom stereocenters. The number of hydrogen-bond acceptors (Lipinski definition) is 3. The summed E-state index contributed by atoms with van der Waals surface area (Å²) in [5, 5.41) is 0. The van der Waals surface area contributed by atoms with Crippen molar-refractivity contribution in [3.05, 3.63) is 11.6 Å². The van der Waals surface area contributed by atoms with E-state index in [0.29, 0.717) is 38.5 Å². The van der Waals surface area contributed by atoms with Crippen LogP contribution in [-0.4, -0.2) is 56.0 Å². The third-order valence-electron chi connectivity index (χ3n) is 4.93. The molecule has 2 fully saturated rings. The monoisotopic (exact) mass is 328 g/mol. The molecule has 2 rings (SSSR count). The van der Waals surface area contributed by atoms with E-state index < -0.39 is 10.0 Å². The minimum absolute atomic E-state index is 0.0111. The summed E-state index contributed by atoms with van der Waals surface area (Å²) >= 11 is 0. The molecule has 0 N–H and O–H groups in total. The minimum atomic E-state index is -3.17. The molecule has 1 aliphatic carbocycles. The molecule has 2 aliphatic rings. The fraction of sp³-hybridized carbons (Fsp3) is 0.812. The molecule has 126 valence electrons. The van der Waals surface area contributed by atoms with E-state index in [0.717, 1.165) is 0 Å². The molecule has 0 spiro atoms. The number of rotatable bonds is 3. The van der Waals surface area contributed by atoms with Gasteiger partial charge in [-0.25, -0.2) is 12.7 Å². The number of carbonyl (C=O) groups is 1. The topological polar surface area (TPSA) is 57.7 Å². The van der Waals surface area contributed by atoms with E-state index in [4.69, 9.17) is 0 Å². The predicted octanol–water partition coefficient (Wildman–Crippen LogP) is 1.72. The maximum atomic E-state index is 12.8. The van der Waals surface area contributed by atoms with Gasteiger partial charge in [0, 0.05) is 26.2 Å². The molecule has 0 aromatic carbocycles. The summed E-state index contributed by atoms with van der Waals surface area (Å²) in [4.78, 5) is 14.7. The second-order valence-electron chi connectivity index (χ2n) is 7.41. The van der Waals surface area contributed by atoms with Gasteiger partial charge >= 0.3 is 0 Å². The molecule has 0 aromatic heterocycles. The molecule has 0 bridgehead atoms. The van der Waals surface area contributed by atoms with Crippen molar-refractivity contribution in [2.75, 3.05) is 32.4 Å². The van der Waals surface area contributed by atoms with Gasteiger partial charge in [-0.15, -0.1) is 0 Å². The molecule has 2 atom stereocenters. The van der Waals surface area contributed by atoms with Crippen molar-refractivity contribution in [3.63, 3.8) is 0 Å². The lowest BCUT2D eigenvalue weighted by Gasteiger charge is -2.21. The Kier molecular flexibility index (Phi) is 4.74. The van der Waals surface area contributed by atoms with Gasteiger partial charge in [-0.1, -0.05) is 25.5 Å². The van der Waals surface area contributed by atoms with E-state index >= 15 is 0 Å². The maximum Gasteiger partial charge on any atom is 0.226 e. The van der Waals surface area contributed by atoms with E-state index in [1.165, 1.54) is 16.1 Å². The van der Waals surface area contributed by atoms with E-state index in [1.807, 2.05) is 4.90 Å². The third-order valence-corrected chi connectivity index (χ3v) is 6.23. The van der Waals surface area contributed by atoms with E-state index in [1.54, 1.807) is 0 Å². The highest BCUT2D eigenvalue weighted by Gasteiger charge is 2.61. The van der Waals surface area contributed by atoms with Gasteiger partial charge in [-0.05, 0) is 31.6 Å². The van der Waals surface area contributed by atoms with Crippen molar-refractivity contribution in [3.8, 4) is 0 Å². The van der Waals surface area contributed by atoms with Crippen LogP contribution in [0.15, 0.2) is 11.6 Å². The van der Waals surface area contributed by atoms with Crippen LogP contribution in [0.5, 0.6) is 0 Å². The molecule has 6 heteroatoms. The molecule has 1 saturated heterocycles. The molecule has 1 amide bonds. The standard InChI is InChI=1S/C16H28N2O3S/c1-12(2)11-13-14(16(13,3)4)15(19)17-7-6-8-18(10-9-17)22(5,20)21/h11,13-14H,6-10H2,1-5H3/t13-,14-/m0/s1. The minimum Gasteiger partial charge on any atom is -0.341 e. The Morgan fingerprint density at radius 2 is 1.77 bits per heavy atom. The fourth-order valence-electron chi connectivity index (χ4n) is 3.46. The van der Waals surface area contributed by atoms with E-state index in [2.05, 4.69) is 33.8 Å². The molecule has 22 heavy (non-hydrogen) atoms. The van der Waals surface area contributed by atoms with Crippen molar-refractivity contribution in [1.29, 1.82) is 0 Å². The quantitative estimate of drug-likeness (QED) is 0.741. The van der Waals surface area contributed by atoms with Gasteiger partial charge in [0.25, 0.3) is 0 Å². The van der Waals surface area contributed by atoms with Crippen LogP contribution in [0.3, 0.4) is 0 Å². The zero-order valence-electron chi connectivity index (χ0n) is 14.3. The molecule has 0 radical (unpaired) electrons. The van der Waals surface area contributed by atoms with E-state index in [9.17, 15) is 13.2 Å². The molecular weight excluding hydrogens is 300 g/mol. The van der Waals surface area contributed by atoms with Crippen molar-refractivity contribution in [2.45, 2.75) is 34.1 Å². The van der Waals surface area contributed by atoms with Crippen molar-refractivity contribution >= 4 is 15.9 Å². The Labute approximate surface area is 134 Å². The highest BCUT2D eigenvalue weighted by atomic mass is 32.2. The van der Waals surface area contributed by atoms with Gasteiger partial charge in [-0.2, -0.15) is 0 Å². The number of sulfonamides is 1. The third kappa shape index (κ3) is 3.54. The van der Waals surface area contributed by atoms with Crippen molar-refractivity contribution < 1.29 is 13.2 Å². The lowest BCUT2D eigenvalue weighted by Crippen LogP contribution is -2.38. The zero-order valence-corrected chi connectivity index (χ0v) is 15.1. The van der Waals surface area contributed by atoms with Crippen molar-refractivity contribution in [2.24, 2.45) is 17.3 Å². The Bertz CT molecular complexity index is 576. The average molecular weight is 328 g/mol. The van der Waals surface area contributed by atoms with Crippen molar-refractivity contribution in [1.82, 2.24) is 9.21 Å². The first-order valence-electron chi connectivity index (χ1n) is 7.94. The van der Waals surface area contributed by atoms with Crippen LogP contribution in [-0.2, 0) is 14.8 Å². The van der Waals surface area contributed by atoms with Crippen LogP contribution in [0.25, 0.3) is 0 Å². The molecule has 5 nitrogen and oxygen atoms in total. The lowest BCUT2D eigenvalue weighted by atomic mass is 10.1.